The highest BCUT2D eigenvalue weighted by Gasteiger charge is 2.17. The highest BCUT2D eigenvalue weighted by atomic mass is 35.5. The minimum absolute atomic E-state index is 0.259. The molecule has 0 aliphatic heterocycles. The number of carbonyl (C=O) groups is 1. The Balaban J connectivity index is 2.76. The zero-order valence-corrected chi connectivity index (χ0v) is 10.6. The number of rotatable bonds is 6. The van der Waals surface area contributed by atoms with Crippen LogP contribution < -0.4 is 5.32 Å². The number of carbonyl (C=O) groups excluding carboxylic acids is 1. The Hall–Kier alpha value is -1.20. The van der Waals surface area contributed by atoms with Crippen LogP contribution in [0.15, 0.2) is 18.2 Å². The van der Waals surface area contributed by atoms with Gasteiger partial charge in [0.2, 0.25) is 0 Å². The first-order chi connectivity index (χ1) is 8.58. The number of benzene rings is 1. The molecule has 100 valence electrons. The normalized spacial score (nSPS) is 12.2. The van der Waals surface area contributed by atoms with Gasteiger partial charge in [0, 0.05) is 13.0 Å². The molecule has 0 saturated heterocycles. The molecule has 0 aromatic heterocycles. The van der Waals surface area contributed by atoms with E-state index in [0.717, 1.165) is 18.2 Å². The van der Waals surface area contributed by atoms with Gasteiger partial charge in [0.15, 0.2) is 0 Å². The van der Waals surface area contributed by atoms with Gasteiger partial charge in [-0.3, -0.25) is 4.79 Å². The number of hydrogen-bond acceptors (Lipinski definition) is 2. The fourth-order valence-corrected chi connectivity index (χ4v) is 1.73. The average Bonchev–Trinajstić information content (AvgIpc) is 2.33. The van der Waals surface area contributed by atoms with E-state index in [9.17, 15) is 13.6 Å². The van der Waals surface area contributed by atoms with Crippen molar-refractivity contribution in [2.45, 2.75) is 12.5 Å². The van der Waals surface area contributed by atoms with Gasteiger partial charge < -0.3 is 10.1 Å². The van der Waals surface area contributed by atoms with E-state index in [-0.39, 0.29) is 18.2 Å². The fraction of sp³-hybridized carbons (Fsp3) is 0.417. The molecule has 0 saturated carbocycles. The van der Waals surface area contributed by atoms with Gasteiger partial charge in [-0.25, -0.2) is 8.78 Å². The van der Waals surface area contributed by atoms with E-state index in [2.05, 4.69) is 5.32 Å². The summed E-state index contributed by atoms with van der Waals surface area (Å²) in [6.45, 7) is 0.259. The second kappa shape index (κ2) is 7.28. The van der Waals surface area contributed by atoms with E-state index in [4.69, 9.17) is 16.3 Å². The molecule has 1 rings (SSSR count). The summed E-state index contributed by atoms with van der Waals surface area (Å²) in [6.07, 6.45) is 0.484. The van der Waals surface area contributed by atoms with Gasteiger partial charge in [-0.15, -0.1) is 11.6 Å². The van der Waals surface area contributed by atoms with Gasteiger partial charge in [0.05, 0.1) is 18.2 Å². The molecule has 0 aliphatic carbocycles. The second-order valence-electron chi connectivity index (χ2n) is 3.73. The van der Waals surface area contributed by atoms with Gasteiger partial charge in [0.1, 0.15) is 11.6 Å². The summed E-state index contributed by atoms with van der Waals surface area (Å²) in [5.74, 6) is -1.78. The third-order valence-corrected chi connectivity index (χ3v) is 2.55. The Morgan fingerprint density at radius 2 is 2.22 bits per heavy atom. The number of methoxy groups -OCH3 is 1. The summed E-state index contributed by atoms with van der Waals surface area (Å²) < 4.78 is 31.2. The maximum absolute atomic E-state index is 13.4. The van der Waals surface area contributed by atoms with Gasteiger partial charge in [-0.1, -0.05) is 0 Å². The lowest BCUT2D eigenvalue weighted by atomic mass is 10.1. The molecule has 1 N–H and O–H groups in total. The predicted octanol–water partition coefficient (Wildman–Crippen LogP) is 2.34. The topological polar surface area (TPSA) is 38.3 Å². The number of hydrogen-bond donors (Lipinski definition) is 1. The van der Waals surface area contributed by atoms with Crippen molar-refractivity contribution in [1.29, 1.82) is 0 Å². The molecule has 1 amide bonds. The molecule has 0 heterocycles. The molecular weight excluding hydrogens is 264 g/mol. The van der Waals surface area contributed by atoms with Crippen LogP contribution in [0.4, 0.5) is 8.78 Å². The lowest BCUT2D eigenvalue weighted by Gasteiger charge is -2.16. The Labute approximate surface area is 109 Å². The molecule has 0 fully saturated rings. The van der Waals surface area contributed by atoms with Crippen molar-refractivity contribution in [3.8, 4) is 0 Å². The standard InChI is InChI=1S/C12H14ClF2NO2/c1-18-7-9(4-5-13)16-12(17)10-6-8(14)2-3-11(10)15/h2-3,6,9H,4-5,7H2,1H3,(H,16,17). The van der Waals surface area contributed by atoms with E-state index in [1.807, 2.05) is 0 Å². The molecule has 0 radical (unpaired) electrons. The smallest absolute Gasteiger partial charge is 0.254 e. The zero-order valence-electron chi connectivity index (χ0n) is 9.88. The van der Waals surface area contributed by atoms with Crippen molar-refractivity contribution in [3.05, 3.63) is 35.4 Å². The van der Waals surface area contributed by atoms with Crippen molar-refractivity contribution in [2.75, 3.05) is 19.6 Å². The van der Waals surface area contributed by atoms with E-state index in [0.29, 0.717) is 12.3 Å². The number of nitrogens with one attached hydrogen (secondary N) is 1. The van der Waals surface area contributed by atoms with Crippen LogP contribution in [0.2, 0.25) is 0 Å². The third kappa shape index (κ3) is 4.23. The zero-order chi connectivity index (χ0) is 13.5. The molecule has 1 aromatic carbocycles. The average molecular weight is 278 g/mol. The monoisotopic (exact) mass is 277 g/mol. The molecule has 1 aromatic rings. The number of halogens is 3. The molecule has 18 heavy (non-hydrogen) atoms. The largest absolute Gasteiger partial charge is 0.383 e. The van der Waals surface area contributed by atoms with Crippen LogP contribution in [-0.4, -0.2) is 31.5 Å². The summed E-state index contributed by atoms with van der Waals surface area (Å²) in [4.78, 5) is 11.8. The van der Waals surface area contributed by atoms with Gasteiger partial charge in [0.25, 0.3) is 5.91 Å². The second-order valence-corrected chi connectivity index (χ2v) is 4.11. The highest BCUT2D eigenvalue weighted by Crippen LogP contribution is 2.10. The minimum atomic E-state index is -0.768. The first kappa shape index (κ1) is 14.9. The van der Waals surface area contributed by atoms with Crippen molar-refractivity contribution >= 4 is 17.5 Å². The maximum Gasteiger partial charge on any atom is 0.254 e. The van der Waals surface area contributed by atoms with Crippen molar-refractivity contribution in [1.82, 2.24) is 5.32 Å². The van der Waals surface area contributed by atoms with Crippen molar-refractivity contribution < 1.29 is 18.3 Å². The Bertz CT molecular complexity index is 409. The predicted molar refractivity (Wildman–Crippen MR) is 64.8 cm³/mol. The lowest BCUT2D eigenvalue weighted by Crippen LogP contribution is -2.38. The summed E-state index contributed by atoms with van der Waals surface area (Å²) in [5, 5.41) is 2.55. The number of alkyl halides is 1. The van der Waals surface area contributed by atoms with E-state index in [1.165, 1.54) is 7.11 Å². The van der Waals surface area contributed by atoms with Crippen molar-refractivity contribution in [2.24, 2.45) is 0 Å². The first-order valence-corrected chi connectivity index (χ1v) is 5.92. The van der Waals surface area contributed by atoms with Crippen LogP contribution in [0.25, 0.3) is 0 Å². The van der Waals surface area contributed by atoms with Gasteiger partial charge >= 0.3 is 0 Å². The highest BCUT2D eigenvalue weighted by molar-refractivity contribution is 6.17. The number of amides is 1. The summed E-state index contributed by atoms with van der Waals surface area (Å²) in [5.41, 5.74) is -0.328. The molecule has 1 unspecified atom stereocenters. The quantitative estimate of drug-likeness (QED) is 0.811. The van der Waals surface area contributed by atoms with Gasteiger partial charge in [-0.05, 0) is 24.6 Å². The van der Waals surface area contributed by atoms with Gasteiger partial charge in [-0.2, -0.15) is 0 Å². The lowest BCUT2D eigenvalue weighted by molar-refractivity contribution is 0.0890. The fourth-order valence-electron chi connectivity index (χ4n) is 1.46. The summed E-state index contributed by atoms with van der Waals surface area (Å²) in [7, 11) is 1.48. The Kier molecular flexibility index (Phi) is 6.01. The Morgan fingerprint density at radius 1 is 1.50 bits per heavy atom. The van der Waals surface area contributed by atoms with Crippen molar-refractivity contribution in [3.63, 3.8) is 0 Å². The van der Waals surface area contributed by atoms with E-state index >= 15 is 0 Å². The van der Waals surface area contributed by atoms with Crippen LogP contribution in [0.5, 0.6) is 0 Å². The van der Waals surface area contributed by atoms with Crippen LogP contribution in [0.3, 0.4) is 0 Å². The van der Waals surface area contributed by atoms with Crippen LogP contribution in [0.1, 0.15) is 16.8 Å². The summed E-state index contributed by atoms with van der Waals surface area (Å²) in [6, 6.07) is 2.40. The van der Waals surface area contributed by atoms with Crippen LogP contribution >= 0.6 is 11.6 Å². The molecule has 0 spiro atoms. The molecule has 6 heteroatoms. The molecule has 3 nitrogen and oxygen atoms in total. The van der Waals surface area contributed by atoms with E-state index < -0.39 is 17.5 Å². The molecule has 0 aliphatic rings. The van der Waals surface area contributed by atoms with Crippen LogP contribution in [0, 0.1) is 11.6 Å². The Morgan fingerprint density at radius 3 is 2.83 bits per heavy atom. The SMILES string of the molecule is COCC(CCCl)NC(=O)c1cc(F)ccc1F. The minimum Gasteiger partial charge on any atom is -0.383 e. The molecule has 1 atom stereocenters. The van der Waals surface area contributed by atoms with Crippen LogP contribution in [-0.2, 0) is 4.74 Å². The maximum atomic E-state index is 13.4. The van der Waals surface area contributed by atoms with E-state index in [1.54, 1.807) is 0 Å². The first-order valence-electron chi connectivity index (χ1n) is 5.39. The number of ether oxygens (including phenoxy) is 1. The summed E-state index contributed by atoms with van der Waals surface area (Å²) >= 11 is 5.58. The molecular formula is C12H14ClF2NO2. The third-order valence-electron chi connectivity index (χ3n) is 2.33. The molecule has 0 bridgehead atoms.